The minimum Gasteiger partial charge on any atom is -0.504 e. The SMILES string of the molecule is COc1ccccc1Oc1ccccc1O. The lowest BCUT2D eigenvalue weighted by Gasteiger charge is -2.10. The number of rotatable bonds is 3. The molecule has 0 saturated heterocycles. The second-order valence-electron chi connectivity index (χ2n) is 3.22. The highest BCUT2D eigenvalue weighted by Crippen LogP contribution is 2.34. The maximum absolute atomic E-state index is 9.57. The van der Waals surface area contributed by atoms with E-state index in [1.807, 2.05) is 12.1 Å². The van der Waals surface area contributed by atoms with Crippen molar-refractivity contribution in [3.8, 4) is 23.0 Å². The predicted octanol–water partition coefficient (Wildman–Crippen LogP) is 3.19. The maximum Gasteiger partial charge on any atom is 0.169 e. The molecule has 0 bridgehead atoms. The lowest BCUT2D eigenvalue weighted by atomic mass is 10.3. The average molecular weight is 216 g/mol. The van der Waals surface area contributed by atoms with E-state index >= 15 is 0 Å². The van der Waals surface area contributed by atoms with Crippen molar-refractivity contribution in [2.24, 2.45) is 0 Å². The average Bonchev–Trinajstić information content (AvgIpc) is 2.33. The topological polar surface area (TPSA) is 38.7 Å². The molecule has 2 aromatic carbocycles. The minimum absolute atomic E-state index is 0.105. The largest absolute Gasteiger partial charge is 0.504 e. The van der Waals surface area contributed by atoms with Crippen molar-refractivity contribution in [1.82, 2.24) is 0 Å². The van der Waals surface area contributed by atoms with Gasteiger partial charge in [0, 0.05) is 0 Å². The van der Waals surface area contributed by atoms with Crippen LogP contribution in [0, 0.1) is 0 Å². The van der Waals surface area contributed by atoms with Crippen LogP contribution in [0.5, 0.6) is 23.0 Å². The second-order valence-corrected chi connectivity index (χ2v) is 3.22. The van der Waals surface area contributed by atoms with E-state index in [0.717, 1.165) is 0 Å². The zero-order valence-electron chi connectivity index (χ0n) is 8.88. The third kappa shape index (κ3) is 2.08. The Morgan fingerprint density at radius 1 is 0.812 bits per heavy atom. The summed E-state index contributed by atoms with van der Waals surface area (Å²) in [5.74, 6) is 1.72. The summed E-state index contributed by atoms with van der Waals surface area (Å²) in [6.45, 7) is 0. The quantitative estimate of drug-likeness (QED) is 0.856. The molecule has 0 aliphatic carbocycles. The number of benzene rings is 2. The predicted molar refractivity (Wildman–Crippen MR) is 61.2 cm³/mol. The number of hydrogen-bond acceptors (Lipinski definition) is 3. The van der Waals surface area contributed by atoms with Gasteiger partial charge in [0.1, 0.15) is 0 Å². The molecule has 0 amide bonds. The smallest absolute Gasteiger partial charge is 0.169 e. The minimum atomic E-state index is 0.105. The van der Waals surface area contributed by atoms with Crippen molar-refractivity contribution in [2.75, 3.05) is 7.11 Å². The van der Waals surface area contributed by atoms with Crippen molar-refractivity contribution in [3.63, 3.8) is 0 Å². The molecule has 0 radical (unpaired) electrons. The summed E-state index contributed by atoms with van der Waals surface area (Å²) in [5, 5.41) is 9.57. The van der Waals surface area contributed by atoms with Gasteiger partial charge in [-0.2, -0.15) is 0 Å². The second kappa shape index (κ2) is 4.57. The number of phenolic OH excluding ortho intramolecular Hbond substituents is 1. The number of methoxy groups -OCH3 is 1. The van der Waals surface area contributed by atoms with E-state index < -0.39 is 0 Å². The lowest BCUT2D eigenvalue weighted by Crippen LogP contribution is -1.89. The van der Waals surface area contributed by atoms with Crippen molar-refractivity contribution in [1.29, 1.82) is 0 Å². The Labute approximate surface area is 93.9 Å². The van der Waals surface area contributed by atoms with Crippen LogP contribution in [-0.4, -0.2) is 12.2 Å². The van der Waals surface area contributed by atoms with Gasteiger partial charge in [-0.15, -0.1) is 0 Å². The molecule has 0 heterocycles. The molecule has 0 aliphatic rings. The molecule has 0 aliphatic heterocycles. The number of aromatic hydroxyl groups is 1. The summed E-state index contributed by atoms with van der Waals surface area (Å²) in [6, 6.07) is 14.1. The fourth-order valence-corrected chi connectivity index (χ4v) is 1.37. The van der Waals surface area contributed by atoms with E-state index in [-0.39, 0.29) is 5.75 Å². The van der Waals surface area contributed by atoms with Gasteiger partial charge in [0.2, 0.25) is 0 Å². The fraction of sp³-hybridized carbons (Fsp3) is 0.0769. The zero-order valence-corrected chi connectivity index (χ0v) is 8.88. The first kappa shape index (κ1) is 10.4. The van der Waals surface area contributed by atoms with Crippen molar-refractivity contribution in [2.45, 2.75) is 0 Å². The van der Waals surface area contributed by atoms with E-state index in [4.69, 9.17) is 9.47 Å². The molecule has 82 valence electrons. The Bertz CT molecular complexity index is 480. The molecule has 3 nitrogen and oxygen atoms in total. The molecule has 0 spiro atoms. The zero-order chi connectivity index (χ0) is 11.4. The summed E-state index contributed by atoms with van der Waals surface area (Å²) >= 11 is 0. The van der Waals surface area contributed by atoms with Crippen LogP contribution >= 0.6 is 0 Å². The maximum atomic E-state index is 9.57. The van der Waals surface area contributed by atoms with Gasteiger partial charge in [0.25, 0.3) is 0 Å². The monoisotopic (exact) mass is 216 g/mol. The van der Waals surface area contributed by atoms with Gasteiger partial charge < -0.3 is 14.6 Å². The number of para-hydroxylation sites is 4. The highest BCUT2D eigenvalue weighted by Gasteiger charge is 2.06. The normalized spacial score (nSPS) is 9.81. The highest BCUT2D eigenvalue weighted by atomic mass is 16.5. The Hall–Kier alpha value is -2.16. The van der Waals surface area contributed by atoms with E-state index in [1.54, 1.807) is 43.5 Å². The van der Waals surface area contributed by atoms with Crippen LogP contribution in [0.2, 0.25) is 0 Å². The molecule has 0 aromatic heterocycles. The van der Waals surface area contributed by atoms with E-state index in [9.17, 15) is 5.11 Å². The summed E-state index contributed by atoms with van der Waals surface area (Å²) < 4.78 is 10.7. The molecule has 0 atom stereocenters. The van der Waals surface area contributed by atoms with Crippen LogP contribution in [0.3, 0.4) is 0 Å². The first-order valence-electron chi connectivity index (χ1n) is 4.90. The standard InChI is InChI=1S/C13H12O3/c1-15-12-8-4-5-9-13(12)16-11-7-3-2-6-10(11)14/h2-9,14H,1H3. The molecule has 2 rings (SSSR count). The van der Waals surface area contributed by atoms with Gasteiger partial charge in [-0.05, 0) is 24.3 Å². The Morgan fingerprint density at radius 2 is 1.38 bits per heavy atom. The van der Waals surface area contributed by atoms with Crippen molar-refractivity contribution >= 4 is 0 Å². The van der Waals surface area contributed by atoms with Crippen LogP contribution in [-0.2, 0) is 0 Å². The number of phenols is 1. The molecular formula is C13H12O3. The van der Waals surface area contributed by atoms with Gasteiger partial charge in [0.05, 0.1) is 7.11 Å². The van der Waals surface area contributed by atoms with E-state index in [2.05, 4.69) is 0 Å². The third-order valence-electron chi connectivity index (χ3n) is 2.15. The number of ether oxygens (including phenoxy) is 2. The Balaban J connectivity index is 2.30. The highest BCUT2D eigenvalue weighted by molar-refractivity contribution is 5.46. The van der Waals surface area contributed by atoms with Crippen molar-refractivity contribution < 1.29 is 14.6 Å². The Kier molecular flexibility index (Phi) is 2.96. The third-order valence-corrected chi connectivity index (χ3v) is 2.15. The van der Waals surface area contributed by atoms with Gasteiger partial charge >= 0.3 is 0 Å². The van der Waals surface area contributed by atoms with E-state index in [1.165, 1.54) is 0 Å². The van der Waals surface area contributed by atoms with Crippen LogP contribution in [0.15, 0.2) is 48.5 Å². The molecule has 3 heteroatoms. The van der Waals surface area contributed by atoms with Gasteiger partial charge in [-0.25, -0.2) is 0 Å². The van der Waals surface area contributed by atoms with Gasteiger partial charge in [-0.1, -0.05) is 24.3 Å². The summed E-state index contributed by atoms with van der Waals surface area (Å²) in [6.07, 6.45) is 0. The van der Waals surface area contributed by atoms with E-state index in [0.29, 0.717) is 17.2 Å². The van der Waals surface area contributed by atoms with Crippen LogP contribution in [0.4, 0.5) is 0 Å². The van der Waals surface area contributed by atoms with Crippen molar-refractivity contribution in [3.05, 3.63) is 48.5 Å². The molecule has 16 heavy (non-hydrogen) atoms. The molecule has 2 aromatic rings. The molecular weight excluding hydrogens is 204 g/mol. The summed E-state index contributed by atoms with van der Waals surface area (Å²) in [5.41, 5.74) is 0. The van der Waals surface area contributed by atoms with Crippen LogP contribution in [0.1, 0.15) is 0 Å². The molecule has 0 fully saturated rings. The first-order chi connectivity index (χ1) is 7.81. The Morgan fingerprint density at radius 3 is 2.00 bits per heavy atom. The summed E-state index contributed by atoms with van der Waals surface area (Å²) in [4.78, 5) is 0. The van der Waals surface area contributed by atoms with Crippen LogP contribution < -0.4 is 9.47 Å². The fourth-order valence-electron chi connectivity index (χ4n) is 1.37. The molecule has 0 unspecified atom stereocenters. The number of hydrogen-bond donors (Lipinski definition) is 1. The van der Waals surface area contributed by atoms with Gasteiger partial charge in [0.15, 0.2) is 23.0 Å². The lowest BCUT2D eigenvalue weighted by molar-refractivity contribution is 0.366. The van der Waals surface area contributed by atoms with Crippen LogP contribution in [0.25, 0.3) is 0 Å². The molecule has 1 N–H and O–H groups in total. The summed E-state index contributed by atoms with van der Waals surface area (Å²) in [7, 11) is 1.58. The molecule has 0 saturated carbocycles. The van der Waals surface area contributed by atoms with Gasteiger partial charge in [-0.3, -0.25) is 0 Å². The first-order valence-corrected chi connectivity index (χ1v) is 4.90.